The maximum absolute atomic E-state index is 14.2. The molecule has 254 valence electrons. The van der Waals surface area contributed by atoms with Gasteiger partial charge >= 0.3 is 36.4 Å². The Morgan fingerprint density at radius 2 is 1.02 bits per heavy atom. The molecule has 0 aliphatic rings. The van der Waals surface area contributed by atoms with E-state index in [1.54, 1.807) is 19.6 Å². The van der Waals surface area contributed by atoms with Gasteiger partial charge in [0.15, 0.2) is 16.6 Å². The number of ether oxygens (including phenoxy) is 3. The minimum Gasteiger partial charge on any atom is -0.439 e. The predicted molar refractivity (Wildman–Crippen MR) is 128 cm³/mol. The molecule has 0 heterocycles. The Morgan fingerprint density at radius 1 is 0.595 bits per heavy atom. The number of halogens is 14. The van der Waals surface area contributed by atoms with Crippen LogP contribution in [0, 0.1) is 0 Å². The van der Waals surface area contributed by atoms with E-state index in [2.05, 4.69) is 9.47 Å². The van der Waals surface area contributed by atoms with E-state index >= 15 is 0 Å². The molecule has 0 radical (unpaired) electrons. The number of alkyl halides is 14. The summed E-state index contributed by atoms with van der Waals surface area (Å²) < 4.78 is 202. The summed E-state index contributed by atoms with van der Waals surface area (Å²) in [4.78, 5) is 0. The molecule has 0 bridgehead atoms. The third-order valence-electron chi connectivity index (χ3n) is 5.36. The van der Waals surface area contributed by atoms with Crippen LogP contribution >= 0.6 is 0 Å². The van der Waals surface area contributed by atoms with Gasteiger partial charge in [-0.25, -0.2) is 0 Å². The van der Waals surface area contributed by atoms with Crippen LogP contribution in [0.1, 0.15) is 19.3 Å². The molecule has 2 atom stereocenters. The van der Waals surface area contributed by atoms with E-state index in [0.29, 0.717) is 12.5 Å². The van der Waals surface area contributed by atoms with Crippen LogP contribution < -0.4 is 0 Å². The minimum atomic E-state index is -7.14. The Labute approximate surface area is 237 Å². The molecule has 0 rings (SSSR count). The zero-order chi connectivity index (χ0) is 33.5. The summed E-state index contributed by atoms with van der Waals surface area (Å²) in [7, 11) is -7.19. The molecular formula is C20H34F14O5Si3. The van der Waals surface area contributed by atoms with Gasteiger partial charge in [0.2, 0.25) is 0 Å². The van der Waals surface area contributed by atoms with Crippen LogP contribution in [0.3, 0.4) is 0 Å². The molecule has 0 fully saturated rings. The summed E-state index contributed by atoms with van der Waals surface area (Å²) >= 11 is 0. The molecule has 0 saturated carbocycles. The average molecular weight is 705 g/mol. The first kappa shape index (κ1) is 41.5. The van der Waals surface area contributed by atoms with E-state index in [9.17, 15) is 61.5 Å². The Bertz CT molecular complexity index is 809. The van der Waals surface area contributed by atoms with Crippen LogP contribution in [0.4, 0.5) is 61.5 Å². The molecule has 0 aromatic heterocycles. The highest BCUT2D eigenvalue weighted by Gasteiger charge is 2.78. The molecule has 22 heteroatoms. The van der Waals surface area contributed by atoms with Crippen molar-refractivity contribution < 1.29 is 83.9 Å². The second kappa shape index (κ2) is 15.2. The maximum Gasteiger partial charge on any atom is 0.462 e. The molecule has 0 aliphatic carbocycles. The third kappa shape index (κ3) is 14.5. The molecule has 0 saturated heterocycles. The van der Waals surface area contributed by atoms with Crippen molar-refractivity contribution in [3.63, 3.8) is 0 Å². The molecule has 0 aliphatic heterocycles. The first-order valence-corrected chi connectivity index (χ1v) is 20.7. The van der Waals surface area contributed by atoms with Crippen molar-refractivity contribution >= 4 is 25.9 Å². The van der Waals surface area contributed by atoms with Gasteiger partial charge in [-0.15, -0.1) is 0 Å². The number of hydrogen-bond donors (Lipinski definition) is 0. The van der Waals surface area contributed by atoms with Crippen molar-refractivity contribution in [2.24, 2.45) is 0 Å². The topological polar surface area (TPSA) is 46.2 Å². The van der Waals surface area contributed by atoms with Gasteiger partial charge < -0.3 is 17.7 Å². The van der Waals surface area contributed by atoms with Crippen molar-refractivity contribution in [1.82, 2.24) is 0 Å². The Balaban J connectivity index is 4.79. The van der Waals surface area contributed by atoms with E-state index < -0.39 is 88.6 Å². The maximum atomic E-state index is 14.2. The minimum absolute atomic E-state index is 0.106. The predicted octanol–water partition coefficient (Wildman–Crippen LogP) is 8.08. The van der Waals surface area contributed by atoms with Crippen molar-refractivity contribution in [3.8, 4) is 0 Å². The molecule has 2 unspecified atom stereocenters. The first-order valence-electron chi connectivity index (χ1n) is 12.3. The fraction of sp³-hybridized carbons (Fsp3) is 1.00. The summed E-state index contributed by atoms with van der Waals surface area (Å²) in [5.41, 5.74) is 0. The molecular weight excluding hydrogens is 670 g/mol. The van der Waals surface area contributed by atoms with Gasteiger partial charge in [0.05, 0.1) is 13.0 Å². The molecule has 0 aromatic rings. The zero-order valence-corrected chi connectivity index (χ0v) is 26.4. The highest BCUT2D eigenvalue weighted by molar-refractivity contribution is 6.81. The molecule has 0 aromatic carbocycles. The fourth-order valence-electron chi connectivity index (χ4n) is 3.34. The Morgan fingerprint density at radius 3 is 1.40 bits per heavy atom. The molecule has 0 N–H and O–H groups in total. The average Bonchev–Trinajstić information content (AvgIpc) is 2.72. The fourth-order valence-corrected chi connectivity index (χ4v) is 14.1. The monoisotopic (exact) mass is 704 g/mol. The number of hydrogen-bond acceptors (Lipinski definition) is 5. The second-order valence-electron chi connectivity index (χ2n) is 10.5. The van der Waals surface area contributed by atoms with Crippen molar-refractivity contribution in [2.75, 3.05) is 26.4 Å². The van der Waals surface area contributed by atoms with E-state index in [-0.39, 0.29) is 19.1 Å². The standard InChI is InChI=1S/C20H34F14O5Si3/c1-40(38-41(2,3)12-6-9-35-11-8-16(22,23)24)39-42(4,5)13-7-10-36-14-15(21,18(27,28)29)37-20(33,34)17(25,26)19(30,31)32/h40H,6-14H2,1-5H3. The number of rotatable bonds is 19. The largest absolute Gasteiger partial charge is 0.462 e. The summed E-state index contributed by atoms with van der Waals surface area (Å²) in [5, 5.41) is 0. The summed E-state index contributed by atoms with van der Waals surface area (Å²) in [6, 6.07) is 0.715. The van der Waals surface area contributed by atoms with Crippen LogP contribution in [0.2, 0.25) is 44.8 Å². The molecule has 0 spiro atoms. The Kier molecular flexibility index (Phi) is 15.0. The SMILES string of the molecule is C[SiH](O[Si](C)(C)CCCOCCC(F)(F)F)O[Si](C)(C)CCCOCC(F)(OC(F)(F)C(F)(F)C(F)(F)F)C(F)(F)F. The lowest BCUT2D eigenvalue weighted by Gasteiger charge is -2.35. The van der Waals surface area contributed by atoms with E-state index in [0.717, 1.165) is 0 Å². The lowest BCUT2D eigenvalue weighted by atomic mass is 10.2. The highest BCUT2D eigenvalue weighted by atomic mass is 28.4. The van der Waals surface area contributed by atoms with Crippen LogP contribution in [-0.4, -0.2) is 88.8 Å². The quantitative estimate of drug-likeness (QED) is 0.0774. The highest BCUT2D eigenvalue weighted by Crippen LogP contribution is 2.51. The summed E-state index contributed by atoms with van der Waals surface area (Å²) in [5.74, 6) is -12.8. The Hall–Kier alpha value is -0.529. The summed E-state index contributed by atoms with van der Waals surface area (Å²) in [6.45, 7) is 5.27. The van der Waals surface area contributed by atoms with Crippen molar-refractivity contribution in [3.05, 3.63) is 0 Å². The zero-order valence-electron chi connectivity index (χ0n) is 23.3. The molecule has 0 amide bonds. The smallest absolute Gasteiger partial charge is 0.439 e. The summed E-state index contributed by atoms with van der Waals surface area (Å²) in [6.07, 6.45) is -25.5. The second-order valence-corrected chi connectivity index (χ2v) is 21.5. The lowest BCUT2D eigenvalue weighted by molar-refractivity contribution is -0.486. The van der Waals surface area contributed by atoms with Crippen LogP contribution in [0.15, 0.2) is 0 Å². The van der Waals surface area contributed by atoms with Gasteiger partial charge in [0.1, 0.15) is 6.61 Å². The normalized spacial score (nSPS) is 16.9. The lowest BCUT2D eigenvalue weighted by Crippen LogP contribution is -2.60. The van der Waals surface area contributed by atoms with Gasteiger partial charge in [-0.1, -0.05) is 0 Å². The molecule has 42 heavy (non-hydrogen) atoms. The van der Waals surface area contributed by atoms with E-state index in [1.165, 1.54) is 0 Å². The van der Waals surface area contributed by atoms with E-state index in [1.807, 2.05) is 13.1 Å². The van der Waals surface area contributed by atoms with Gasteiger partial charge in [-0.3, -0.25) is 4.74 Å². The van der Waals surface area contributed by atoms with Gasteiger partial charge in [0, 0.05) is 13.2 Å². The van der Waals surface area contributed by atoms with Crippen LogP contribution in [-0.2, 0) is 22.4 Å². The first-order chi connectivity index (χ1) is 18.5. The van der Waals surface area contributed by atoms with Crippen molar-refractivity contribution in [2.45, 2.75) is 101 Å². The van der Waals surface area contributed by atoms with E-state index in [4.69, 9.17) is 13.0 Å². The van der Waals surface area contributed by atoms with Gasteiger partial charge in [-0.2, -0.15) is 61.5 Å². The van der Waals surface area contributed by atoms with Crippen LogP contribution in [0.25, 0.3) is 0 Å². The van der Waals surface area contributed by atoms with Crippen LogP contribution in [0.5, 0.6) is 0 Å². The molecule has 5 nitrogen and oxygen atoms in total. The van der Waals surface area contributed by atoms with Gasteiger partial charge in [-0.05, 0) is 57.7 Å². The third-order valence-corrected chi connectivity index (χ3v) is 16.2. The van der Waals surface area contributed by atoms with Crippen molar-refractivity contribution in [1.29, 1.82) is 0 Å². The van der Waals surface area contributed by atoms with Gasteiger partial charge in [0.25, 0.3) is 9.28 Å².